The van der Waals surface area contributed by atoms with Gasteiger partial charge in [0.05, 0.1) is 16.7 Å². The second kappa shape index (κ2) is 3.84. The topological polar surface area (TPSA) is 49.7 Å². The van der Waals surface area contributed by atoms with Crippen LogP contribution >= 0.6 is 11.8 Å². The lowest BCUT2D eigenvalue weighted by Gasteiger charge is -2.06. The lowest BCUT2D eigenvalue weighted by atomic mass is 10.1. The molecule has 14 heavy (non-hydrogen) atoms. The Bertz CT molecular complexity index is 389. The summed E-state index contributed by atoms with van der Waals surface area (Å²) in [5.41, 5.74) is 2.06. The standard InChI is InChI=1S/C10H9NO2S/c12-10(13)6-14-9-5-11-8-4-2-1-3-7(8)9/h1-5,9H,6H2,(H,12,13). The summed E-state index contributed by atoms with van der Waals surface area (Å²) in [5.74, 6) is -0.668. The first-order valence-electron chi connectivity index (χ1n) is 4.24. The highest BCUT2D eigenvalue weighted by Crippen LogP contribution is 2.38. The average molecular weight is 207 g/mol. The summed E-state index contributed by atoms with van der Waals surface area (Å²) < 4.78 is 0. The number of hydrogen-bond acceptors (Lipinski definition) is 3. The number of rotatable bonds is 3. The molecule has 0 spiro atoms. The van der Waals surface area contributed by atoms with Crippen molar-refractivity contribution in [2.24, 2.45) is 4.99 Å². The van der Waals surface area contributed by atoms with E-state index in [1.807, 2.05) is 24.3 Å². The molecule has 1 aromatic rings. The van der Waals surface area contributed by atoms with Crippen LogP contribution in [0.15, 0.2) is 29.3 Å². The van der Waals surface area contributed by atoms with Crippen LogP contribution in [0.25, 0.3) is 0 Å². The van der Waals surface area contributed by atoms with Gasteiger partial charge in [-0.3, -0.25) is 9.79 Å². The van der Waals surface area contributed by atoms with Crippen LogP contribution in [0.4, 0.5) is 5.69 Å². The molecule has 0 radical (unpaired) electrons. The lowest BCUT2D eigenvalue weighted by Crippen LogP contribution is -2.01. The van der Waals surface area contributed by atoms with E-state index in [0.29, 0.717) is 0 Å². The number of aliphatic imine (C=N–C) groups is 1. The minimum absolute atomic E-state index is 0.0994. The normalized spacial score (nSPS) is 18.1. The van der Waals surface area contributed by atoms with E-state index in [2.05, 4.69) is 4.99 Å². The van der Waals surface area contributed by atoms with Gasteiger partial charge in [-0.15, -0.1) is 11.8 Å². The first kappa shape index (κ1) is 9.27. The number of benzene rings is 1. The van der Waals surface area contributed by atoms with Crippen LogP contribution in [0.1, 0.15) is 10.8 Å². The van der Waals surface area contributed by atoms with Crippen molar-refractivity contribution in [2.45, 2.75) is 5.25 Å². The molecular formula is C10H9NO2S. The molecule has 1 aliphatic rings. The second-order valence-electron chi connectivity index (χ2n) is 2.96. The van der Waals surface area contributed by atoms with Gasteiger partial charge in [0, 0.05) is 6.21 Å². The number of carboxylic acids is 1. The van der Waals surface area contributed by atoms with Crippen LogP contribution in [0, 0.1) is 0 Å². The van der Waals surface area contributed by atoms with Gasteiger partial charge in [-0.25, -0.2) is 0 Å². The third-order valence-corrected chi connectivity index (χ3v) is 3.13. The second-order valence-corrected chi connectivity index (χ2v) is 4.09. The number of para-hydroxylation sites is 1. The first-order chi connectivity index (χ1) is 6.77. The molecule has 0 fully saturated rings. The Hall–Kier alpha value is -1.29. The summed E-state index contributed by atoms with van der Waals surface area (Å²) in [6, 6.07) is 7.80. The Morgan fingerprint density at radius 3 is 3.07 bits per heavy atom. The molecule has 0 aromatic heterocycles. The van der Waals surface area contributed by atoms with Crippen LogP contribution in [0.5, 0.6) is 0 Å². The van der Waals surface area contributed by atoms with E-state index in [4.69, 9.17) is 5.11 Å². The summed E-state index contributed by atoms with van der Waals surface area (Å²) in [7, 11) is 0. The van der Waals surface area contributed by atoms with Crippen molar-refractivity contribution in [1.82, 2.24) is 0 Å². The Morgan fingerprint density at radius 2 is 2.29 bits per heavy atom. The third-order valence-electron chi connectivity index (χ3n) is 1.98. The highest BCUT2D eigenvalue weighted by Gasteiger charge is 2.19. The van der Waals surface area contributed by atoms with Crippen molar-refractivity contribution in [2.75, 3.05) is 5.75 Å². The fourth-order valence-electron chi connectivity index (χ4n) is 1.37. The number of carboxylic acid groups (broad SMARTS) is 1. The van der Waals surface area contributed by atoms with E-state index in [9.17, 15) is 4.79 Å². The predicted octanol–water partition coefficient (Wildman–Crippen LogP) is 2.26. The molecular weight excluding hydrogens is 198 g/mol. The molecule has 1 atom stereocenters. The molecule has 0 amide bonds. The van der Waals surface area contributed by atoms with Crippen LogP contribution in [0.3, 0.4) is 0 Å². The summed E-state index contributed by atoms with van der Waals surface area (Å²) >= 11 is 1.39. The molecule has 1 unspecified atom stereocenters. The van der Waals surface area contributed by atoms with Gasteiger partial charge in [0.25, 0.3) is 0 Å². The van der Waals surface area contributed by atoms with E-state index < -0.39 is 5.97 Å². The van der Waals surface area contributed by atoms with Gasteiger partial charge in [0.2, 0.25) is 0 Å². The Labute approximate surface area is 85.9 Å². The average Bonchev–Trinajstić information content (AvgIpc) is 2.58. The molecule has 1 aromatic carbocycles. The fraction of sp³-hybridized carbons (Fsp3) is 0.200. The summed E-state index contributed by atoms with van der Waals surface area (Å²) in [4.78, 5) is 14.6. The zero-order valence-corrected chi connectivity index (χ0v) is 8.20. The molecule has 2 rings (SSSR count). The fourth-order valence-corrected chi connectivity index (χ4v) is 2.22. The molecule has 1 aliphatic heterocycles. The van der Waals surface area contributed by atoms with Crippen molar-refractivity contribution >= 4 is 29.6 Å². The zero-order chi connectivity index (χ0) is 9.97. The Balaban J connectivity index is 2.11. The number of thioether (sulfide) groups is 1. The molecule has 0 saturated carbocycles. The monoisotopic (exact) mass is 207 g/mol. The first-order valence-corrected chi connectivity index (χ1v) is 5.29. The van der Waals surface area contributed by atoms with Gasteiger partial charge in [-0.1, -0.05) is 18.2 Å². The van der Waals surface area contributed by atoms with Crippen LogP contribution in [0.2, 0.25) is 0 Å². The Kier molecular flexibility index (Phi) is 2.54. The summed E-state index contributed by atoms with van der Waals surface area (Å²) in [5, 5.41) is 8.66. The van der Waals surface area contributed by atoms with Gasteiger partial charge in [0.1, 0.15) is 0 Å². The maximum absolute atomic E-state index is 10.4. The molecule has 3 nitrogen and oxygen atoms in total. The van der Waals surface area contributed by atoms with Crippen molar-refractivity contribution in [3.63, 3.8) is 0 Å². The summed E-state index contributed by atoms with van der Waals surface area (Å²) in [6.07, 6.45) is 1.80. The smallest absolute Gasteiger partial charge is 0.313 e. The maximum atomic E-state index is 10.4. The number of hydrogen-bond donors (Lipinski definition) is 1. The minimum Gasteiger partial charge on any atom is -0.481 e. The Morgan fingerprint density at radius 1 is 1.50 bits per heavy atom. The van der Waals surface area contributed by atoms with Crippen molar-refractivity contribution < 1.29 is 9.90 Å². The summed E-state index contributed by atoms with van der Waals surface area (Å²) in [6.45, 7) is 0. The lowest BCUT2D eigenvalue weighted by molar-refractivity contribution is -0.133. The quantitative estimate of drug-likeness (QED) is 0.827. The van der Waals surface area contributed by atoms with Gasteiger partial charge in [0.15, 0.2) is 0 Å². The zero-order valence-electron chi connectivity index (χ0n) is 7.38. The molecule has 0 saturated heterocycles. The van der Waals surface area contributed by atoms with E-state index in [0.717, 1.165) is 11.3 Å². The van der Waals surface area contributed by atoms with E-state index in [1.54, 1.807) is 6.21 Å². The molecule has 0 bridgehead atoms. The van der Waals surface area contributed by atoms with Gasteiger partial charge in [-0.2, -0.15) is 0 Å². The number of fused-ring (bicyclic) bond motifs is 1. The van der Waals surface area contributed by atoms with E-state index in [-0.39, 0.29) is 11.0 Å². The van der Waals surface area contributed by atoms with Crippen molar-refractivity contribution in [1.29, 1.82) is 0 Å². The van der Waals surface area contributed by atoms with Crippen molar-refractivity contribution in [3.8, 4) is 0 Å². The minimum atomic E-state index is -0.784. The van der Waals surface area contributed by atoms with E-state index >= 15 is 0 Å². The number of nitrogens with zero attached hydrogens (tertiary/aromatic N) is 1. The molecule has 4 heteroatoms. The molecule has 1 N–H and O–H groups in total. The maximum Gasteiger partial charge on any atom is 0.313 e. The predicted molar refractivity (Wildman–Crippen MR) is 57.4 cm³/mol. The van der Waals surface area contributed by atoms with Crippen LogP contribution < -0.4 is 0 Å². The SMILES string of the molecule is O=C(O)CSC1C=Nc2ccccc21. The van der Waals surface area contributed by atoms with Crippen LogP contribution in [-0.2, 0) is 4.79 Å². The van der Waals surface area contributed by atoms with Gasteiger partial charge >= 0.3 is 5.97 Å². The number of aliphatic carboxylic acids is 1. The highest BCUT2D eigenvalue weighted by atomic mass is 32.2. The molecule has 72 valence electrons. The third kappa shape index (κ3) is 1.80. The van der Waals surface area contributed by atoms with Crippen molar-refractivity contribution in [3.05, 3.63) is 29.8 Å². The largest absolute Gasteiger partial charge is 0.481 e. The van der Waals surface area contributed by atoms with Crippen LogP contribution in [-0.4, -0.2) is 23.0 Å². The number of carbonyl (C=O) groups is 1. The molecule has 1 heterocycles. The van der Waals surface area contributed by atoms with Gasteiger partial charge < -0.3 is 5.11 Å². The van der Waals surface area contributed by atoms with Gasteiger partial charge in [-0.05, 0) is 11.6 Å². The molecule has 0 aliphatic carbocycles. The van der Waals surface area contributed by atoms with E-state index in [1.165, 1.54) is 11.8 Å². The highest BCUT2D eigenvalue weighted by molar-refractivity contribution is 8.00.